The molecule has 0 N–H and O–H groups in total. The van der Waals surface area contributed by atoms with Crippen molar-refractivity contribution in [3.8, 4) is 11.9 Å². The molecule has 13 heavy (non-hydrogen) atoms. The molecule has 0 atom stereocenters. The number of benzene rings is 1. The summed E-state index contributed by atoms with van der Waals surface area (Å²) in [6.07, 6.45) is 2.14. The maximum absolute atomic E-state index is 8.76. The fourth-order valence-electron chi connectivity index (χ4n) is 1.41. The van der Waals surface area contributed by atoms with Crippen LogP contribution < -0.4 is 4.74 Å². The zero-order valence-corrected chi connectivity index (χ0v) is 7.23. The number of nitrogens with zero attached hydrogens (tertiary/aromatic N) is 2. The number of rotatable bonds is 0. The fraction of sp³-hybridized carbons (Fsp3) is 0.300. The van der Waals surface area contributed by atoms with Gasteiger partial charge in [0, 0.05) is 5.56 Å². The molecule has 1 aliphatic rings. The van der Waals surface area contributed by atoms with Gasteiger partial charge in [0.2, 0.25) is 0 Å². The largest absolute Gasteiger partial charge is 0.491 e. The van der Waals surface area contributed by atoms with Crippen molar-refractivity contribution in [2.75, 3.05) is 13.2 Å². The van der Waals surface area contributed by atoms with Crippen molar-refractivity contribution in [3.05, 3.63) is 29.8 Å². The molecule has 0 amide bonds. The quantitative estimate of drug-likeness (QED) is 0.557. The number of ether oxygens (including phenoxy) is 1. The molecule has 3 nitrogen and oxygen atoms in total. The van der Waals surface area contributed by atoms with Gasteiger partial charge < -0.3 is 9.64 Å². The highest BCUT2D eigenvalue weighted by molar-refractivity contribution is 5.34. The van der Waals surface area contributed by atoms with E-state index < -0.39 is 0 Å². The molecule has 3 heteroatoms. The van der Waals surface area contributed by atoms with Crippen molar-refractivity contribution in [2.45, 2.75) is 6.54 Å². The predicted octanol–water partition coefficient (Wildman–Crippen LogP) is 1.36. The first kappa shape index (κ1) is 7.93. The van der Waals surface area contributed by atoms with Crippen molar-refractivity contribution in [3.63, 3.8) is 0 Å². The Hall–Kier alpha value is -1.69. The van der Waals surface area contributed by atoms with Gasteiger partial charge in [-0.3, -0.25) is 0 Å². The van der Waals surface area contributed by atoms with Gasteiger partial charge in [0.1, 0.15) is 12.4 Å². The summed E-state index contributed by atoms with van der Waals surface area (Å²) in [5, 5.41) is 8.76. The SMILES string of the molecule is N#CN1CCOc2ccccc2C1. The zero-order chi connectivity index (χ0) is 9.10. The third-order valence-corrected chi connectivity index (χ3v) is 2.09. The molecule has 0 fully saturated rings. The molecule has 1 aromatic carbocycles. The molecule has 0 aromatic heterocycles. The van der Waals surface area contributed by atoms with Gasteiger partial charge in [0.25, 0.3) is 0 Å². The number of hydrogen-bond acceptors (Lipinski definition) is 3. The van der Waals surface area contributed by atoms with Gasteiger partial charge >= 0.3 is 0 Å². The summed E-state index contributed by atoms with van der Waals surface area (Å²) >= 11 is 0. The average molecular weight is 174 g/mol. The Bertz CT molecular complexity index is 343. The summed E-state index contributed by atoms with van der Waals surface area (Å²) in [7, 11) is 0. The standard InChI is InChI=1S/C10H10N2O/c11-8-12-5-6-13-10-4-2-1-3-9(10)7-12/h1-4H,5-7H2. The Morgan fingerprint density at radius 2 is 2.23 bits per heavy atom. The Morgan fingerprint density at radius 1 is 1.38 bits per heavy atom. The smallest absolute Gasteiger partial charge is 0.179 e. The van der Waals surface area contributed by atoms with E-state index in [1.165, 1.54) is 0 Å². The van der Waals surface area contributed by atoms with Crippen LogP contribution in [0.2, 0.25) is 0 Å². The van der Waals surface area contributed by atoms with Gasteiger partial charge in [-0.15, -0.1) is 0 Å². The lowest BCUT2D eigenvalue weighted by molar-refractivity contribution is 0.281. The number of hydrogen-bond donors (Lipinski definition) is 0. The first-order valence-corrected chi connectivity index (χ1v) is 4.25. The van der Waals surface area contributed by atoms with E-state index >= 15 is 0 Å². The van der Waals surface area contributed by atoms with Gasteiger partial charge in [-0.05, 0) is 6.07 Å². The summed E-state index contributed by atoms with van der Waals surface area (Å²) in [6, 6.07) is 7.84. The lowest BCUT2D eigenvalue weighted by atomic mass is 10.2. The summed E-state index contributed by atoms with van der Waals surface area (Å²) < 4.78 is 5.49. The number of nitriles is 1. The van der Waals surface area contributed by atoms with Gasteiger partial charge in [0.05, 0.1) is 13.1 Å². The highest BCUT2D eigenvalue weighted by Crippen LogP contribution is 2.21. The third-order valence-electron chi connectivity index (χ3n) is 2.09. The molecule has 0 unspecified atom stereocenters. The Kier molecular flexibility index (Phi) is 2.05. The maximum Gasteiger partial charge on any atom is 0.179 e. The number of fused-ring (bicyclic) bond motifs is 1. The van der Waals surface area contributed by atoms with Crippen LogP contribution in [0.1, 0.15) is 5.56 Å². The monoisotopic (exact) mass is 174 g/mol. The van der Waals surface area contributed by atoms with Crippen molar-refractivity contribution < 1.29 is 4.74 Å². The average Bonchev–Trinajstić information content (AvgIpc) is 2.38. The van der Waals surface area contributed by atoms with Crippen LogP contribution in [0.25, 0.3) is 0 Å². The Morgan fingerprint density at radius 3 is 3.08 bits per heavy atom. The Labute approximate surface area is 77.2 Å². The van der Waals surface area contributed by atoms with E-state index in [2.05, 4.69) is 6.19 Å². The van der Waals surface area contributed by atoms with Gasteiger partial charge in [0.15, 0.2) is 6.19 Å². The highest BCUT2D eigenvalue weighted by Gasteiger charge is 2.12. The van der Waals surface area contributed by atoms with Crippen molar-refractivity contribution in [2.24, 2.45) is 0 Å². The minimum Gasteiger partial charge on any atom is -0.491 e. The van der Waals surface area contributed by atoms with Crippen molar-refractivity contribution in [1.82, 2.24) is 4.90 Å². The molecule has 66 valence electrons. The van der Waals surface area contributed by atoms with E-state index in [-0.39, 0.29) is 0 Å². The van der Waals surface area contributed by atoms with E-state index in [9.17, 15) is 0 Å². The molecule has 1 aliphatic heterocycles. The van der Waals surface area contributed by atoms with Crippen LogP contribution in [0.15, 0.2) is 24.3 Å². The Balaban J connectivity index is 2.30. The topological polar surface area (TPSA) is 36.3 Å². The first-order valence-electron chi connectivity index (χ1n) is 4.25. The third kappa shape index (κ3) is 1.57. The lowest BCUT2D eigenvalue weighted by Crippen LogP contribution is -2.19. The second kappa shape index (κ2) is 3.36. The van der Waals surface area contributed by atoms with E-state index in [4.69, 9.17) is 10.00 Å². The molecule has 0 radical (unpaired) electrons. The van der Waals surface area contributed by atoms with E-state index in [0.29, 0.717) is 19.7 Å². The summed E-state index contributed by atoms with van der Waals surface area (Å²) in [4.78, 5) is 1.70. The molecule has 0 spiro atoms. The summed E-state index contributed by atoms with van der Waals surface area (Å²) in [5.74, 6) is 0.903. The van der Waals surface area contributed by atoms with Crippen LogP contribution in [0.5, 0.6) is 5.75 Å². The van der Waals surface area contributed by atoms with Crippen LogP contribution in [0.3, 0.4) is 0 Å². The summed E-state index contributed by atoms with van der Waals surface area (Å²) in [6.45, 7) is 1.92. The molecule has 0 bridgehead atoms. The van der Waals surface area contributed by atoms with Crippen molar-refractivity contribution in [1.29, 1.82) is 5.26 Å². The van der Waals surface area contributed by atoms with Crippen LogP contribution >= 0.6 is 0 Å². The normalized spacial score (nSPS) is 15.2. The molecular formula is C10H10N2O. The van der Waals surface area contributed by atoms with Crippen LogP contribution in [0.4, 0.5) is 0 Å². The minimum atomic E-state index is 0.588. The van der Waals surface area contributed by atoms with Crippen LogP contribution in [0, 0.1) is 11.5 Å². The molecule has 2 rings (SSSR count). The second-order valence-electron chi connectivity index (χ2n) is 2.98. The molecule has 1 aromatic rings. The predicted molar refractivity (Wildman–Crippen MR) is 48.0 cm³/mol. The lowest BCUT2D eigenvalue weighted by Gasteiger charge is -2.09. The van der Waals surface area contributed by atoms with Crippen LogP contribution in [-0.2, 0) is 6.54 Å². The molecule has 0 saturated carbocycles. The zero-order valence-electron chi connectivity index (χ0n) is 7.23. The first-order chi connectivity index (χ1) is 6.40. The second-order valence-corrected chi connectivity index (χ2v) is 2.98. The molecule has 0 saturated heterocycles. The maximum atomic E-state index is 8.76. The number of para-hydroxylation sites is 1. The van der Waals surface area contributed by atoms with E-state index in [1.807, 2.05) is 24.3 Å². The van der Waals surface area contributed by atoms with Gasteiger partial charge in [-0.1, -0.05) is 18.2 Å². The fourth-order valence-corrected chi connectivity index (χ4v) is 1.41. The van der Waals surface area contributed by atoms with Gasteiger partial charge in [-0.2, -0.15) is 5.26 Å². The minimum absolute atomic E-state index is 0.588. The van der Waals surface area contributed by atoms with E-state index in [0.717, 1.165) is 11.3 Å². The molecular weight excluding hydrogens is 164 g/mol. The van der Waals surface area contributed by atoms with Crippen LogP contribution in [-0.4, -0.2) is 18.1 Å². The molecule has 0 aliphatic carbocycles. The molecule has 1 heterocycles. The van der Waals surface area contributed by atoms with Crippen molar-refractivity contribution >= 4 is 0 Å². The van der Waals surface area contributed by atoms with Gasteiger partial charge in [-0.25, -0.2) is 0 Å². The highest BCUT2D eigenvalue weighted by atomic mass is 16.5. The van der Waals surface area contributed by atoms with E-state index in [1.54, 1.807) is 4.90 Å². The summed E-state index contributed by atoms with van der Waals surface area (Å²) in [5.41, 5.74) is 1.08.